The van der Waals surface area contributed by atoms with E-state index < -0.39 is 0 Å². The van der Waals surface area contributed by atoms with E-state index in [1.165, 1.54) is 43.3 Å². The van der Waals surface area contributed by atoms with Crippen LogP contribution >= 0.6 is 11.3 Å². The lowest BCUT2D eigenvalue weighted by Crippen LogP contribution is -2.25. The van der Waals surface area contributed by atoms with Crippen molar-refractivity contribution in [3.8, 4) is 0 Å². The van der Waals surface area contributed by atoms with E-state index in [2.05, 4.69) is 22.5 Å². The van der Waals surface area contributed by atoms with Gasteiger partial charge in [0, 0.05) is 25.0 Å². The van der Waals surface area contributed by atoms with Gasteiger partial charge in [-0.2, -0.15) is 0 Å². The molecule has 3 rings (SSSR count). The van der Waals surface area contributed by atoms with Gasteiger partial charge >= 0.3 is 0 Å². The fourth-order valence-corrected chi connectivity index (χ4v) is 3.95. The van der Waals surface area contributed by atoms with Crippen molar-refractivity contribution in [2.75, 3.05) is 26.2 Å². The monoisotopic (exact) mass is 251 g/mol. The molecule has 94 valence electrons. The lowest BCUT2D eigenvalue weighted by Gasteiger charge is -2.15. The minimum Gasteiger partial charge on any atom is -0.316 e. The smallest absolute Gasteiger partial charge is 0.0928 e. The molecule has 0 spiro atoms. The first-order chi connectivity index (χ1) is 8.35. The van der Waals surface area contributed by atoms with Crippen LogP contribution in [0.2, 0.25) is 0 Å². The van der Waals surface area contributed by atoms with Gasteiger partial charge in [-0.3, -0.25) is 4.90 Å². The average molecular weight is 251 g/mol. The summed E-state index contributed by atoms with van der Waals surface area (Å²) >= 11 is 1.83. The summed E-state index contributed by atoms with van der Waals surface area (Å²) in [7, 11) is 0. The highest BCUT2D eigenvalue weighted by atomic mass is 32.1. The van der Waals surface area contributed by atoms with E-state index in [-0.39, 0.29) is 0 Å². The molecule has 2 saturated heterocycles. The van der Waals surface area contributed by atoms with E-state index >= 15 is 0 Å². The highest BCUT2D eigenvalue weighted by molar-refractivity contribution is 7.09. The molecule has 0 radical (unpaired) electrons. The Hall–Kier alpha value is -0.450. The van der Waals surface area contributed by atoms with Crippen LogP contribution in [0.25, 0.3) is 0 Å². The molecule has 0 aliphatic carbocycles. The number of hydrogen-bond acceptors (Lipinski definition) is 4. The number of nitrogens with zero attached hydrogens (tertiary/aromatic N) is 2. The molecule has 4 heteroatoms. The maximum Gasteiger partial charge on any atom is 0.0928 e. The zero-order chi connectivity index (χ0) is 11.7. The van der Waals surface area contributed by atoms with E-state index in [1.807, 2.05) is 11.3 Å². The van der Waals surface area contributed by atoms with E-state index in [0.29, 0.717) is 0 Å². The zero-order valence-corrected chi connectivity index (χ0v) is 11.3. The van der Waals surface area contributed by atoms with E-state index in [4.69, 9.17) is 4.98 Å². The molecule has 2 unspecified atom stereocenters. The molecule has 0 bridgehead atoms. The number of nitrogens with one attached hydrogen (secondary N) is 1. The molecule has 17 heavy (non-hydrogen) atoms. The third-order valence-corrected chi connectivity index (χ3v) is 4.87. The van der Waals surface area contributed by atoms with E-state index in [9.17, 15) is 0 Å². The SMILES string of the molecule is CCCc1nc(CN2CC3CNCC3C2)cs1. The number of rotatable bonds is 4. The number of aromatic nitrogens is 1. The molecular formula is C13H21N3S. The van der Waals surface area contributed by atoms with Gasteiger partial charge < -0.3 is 5.32 Å². The molecule has 0 amide bonds. The largest absolute Gasteiger partial charge is 0.316 e. The molecule has 3 nitrogen and oxygen atoms in total. The first-order valence-corrected chi connectivity index (χ1v) is 7.59. The summed E-state index contributed by atoms with van der Waals surface area (Å²) in [5.41, 5.74) is 1.28. The quantitative estimate of drug-likeness (QED) is 0.883. The van der Waals surface area contributed by atoms with Crippen molar-refractivity contribution in [2.24, 2.45) is 11.8 Å². The van der Waals surface area contributed by atoms with Crippen LogP contribution in [0.3, 0.4) is 0 Å². The van der Waals surface area contributed by atoms with Gasteiger partial charge in [0.2, 0.25) is 0 Å². The zero-order valence-electron chi connectivity index (χ0n) is 10.5. The molecule has 3 heterocycles. The van der Waals surface area contributed by atoms with Gasteiger partial charge in [0.05, 0.1) is 10.7 Å². The Balaban J connectivity index is 1.56. The Morgan fingerprint density at radius 2 is 2.18 bits per heavy atom. The Kier molecular flexibility index (Phi) is 3.45. The minimum atomic E-state index is 0.892. The molecule has 2 aliphatic heterocycles. The Morgan fingerprint density at radius 1 is 1.41 bits per heavy atom. The number of thiazole rings is 1. The van der Waals surface area contributed by atoms with Crippen molar-refractivity contribution in [1.82, 2.24) is 15.2 Å². The molecule has 1 N–H and O–H groups in total. The molecule has 2 fully saturated rings. The molecule has 0 aromatic carbocycles. The highest BCUT2D eigenvalue weighted by Gasteiger charge is 2.35. The highest BCUT2D eigenvalue weighted by Crippen LogP contribution is 2.27. The molecule has 2 atom stereocenters. The third-order valence-electron chi connectivity index (χ3n) is 3.91. The Morgan fingerprint density at radius 3 is 2.88 bits per heavy atom. The predicted molar refractivity (Wildman–Crippen MR) is 71.2 cm³/mol. The third kappa shape index (κ3) is 2.54. The van der Waals surface area contributed by atoms with Crippen LogP contribution in [0.5, 0.6) is 0 Å². The number of fused-ring (bicyclic) bond motifs is 1. The second-order valence-corrected chi connectivity index (χ2v) is 6.30. The molecule has 0 saturated carbocycles. The van der Waals surface area contributed by atoms with Crippen LogP contribution in [0.15, 0.2) is 5.38 Å². The predicted octanol–water partition coefficient (Wildman–Crippen LogP) is 1.75. The van der Waals surface area contributed by atoms with Crippen molar-refractivity contribution < 1.29 is 0 Å². The van der Waals surface area contributed by atoms with Crippen LogP contribution in [-0.2, 0) is 13.0 Å². The summed E-state index contributed by atoms with van der Waals surface area (Å²) in [5.74, 6) is 1.78. The van der Waals surface area contributed by atoms with Gasteiger partial charge in [-0.25, -0.2) is 4.98 Å². The standard InChI is InChI=1S/C13H21N3S/c1-2-3-13-15-12(9-17-13)8-16-6-10-4-14-5-11(10)7-16/h9-11,14H,2-8H2,1H3. The average Bonchev–Trinajstić information content (AvgIpc) is 2.95. The van der Waals surface area contributed by atoms with Gasteiger partial charge in [-0.15, -0.1) is 11.3 Å². The topological polar surface area (TPSA) is 28.2 Å². The van der Waals surface area contributed by atoms with Crippen LogP contribution in [0, 0.1) is 11.8 Å². The summed E-state index contributed by atoms with van der Waals surface area (Å²) in [6.45, 7) is 8.25. The summed E-state index contributed by atoms with van der Waals surface area (Å²) < 4.78 is 0. The minimum absolute atomic E-state index is 0.892. The van der Waals surface area contributed by atoms with Gasteiger partial charge in [-0.1, -0.05) is 6.92 Å². The van der Waals surface area contributed by atoms with Crippen molar-refractivity contribution in [1.29, 1.82) is 0 Å². The fraction of sp³-hybridized carbons (Fsp3) is 0.769. The fourth-order valence-electron chi connectivity index (χ4n) is 3.06. The molecule has 1 aromatic rings. The van der Waals surface area contributed by atoms with Gasteiger partial charge in [0.15, 0.2) is 0 Å². The van der Waals surface area contributed by atoms with Crippen molar-refractivity contribution >= 4 is 11.3 Å². The van der Waals surface area contributed by atoms with Gasteiger partial charge in [-0.05, 0) is 37.8 Å². The van der Waals surface area contributed by atoms with Crippen LogP contribution in [0.4, 0.5) is 0 Å². The maximum absolute atomic E-state index is 4.72. The summed E-state index contributed by atoms with van der Waals surface area (Å²) in [4.78, 5) is 7.30. The first kappa shape index (κ1) is 11.6. The van der Waals surface area contributed by atoms with Crippen LogP contribution < -0.4 is 5.32 Å². The Labute approximate surface area is 107 Å². The van der Waals surface area contributed by atoms with Crippen LogP contribution in [0.1, 0.15) is 24.0 Å². The summed E-state index contributed by atoms with van der Waals surface area (Å²) in [6.07, 6.45) is 2.34. The summed E-state index contributed by atoms with van der Waals surface area (Å²) in [6, 6.07) is 0. The van der Waals surface area contributed by atoms with Crippen LogP contribution in [-0.4, -0.2) is 36.1 Å². The van der Waals surface area contributed by atoms with E-state index in [0.717, 1.165) is 24.8 Å². The lowest BCUT2D eigenvalue weighted by atomic mass is 10.0. The Bertz CT molecular complexity index is 364. The summed E-state index contributed by atoms with van der Waals surface area (Å²) in [5, 5.41) is 7.05. The number of aryl methyl sites for hydroxylation is 1. The van der Waals surface area contributed by atoms with Crippen molar-refractivity contribution in [3.63, 3.8) is 0 Å². The molecule has 2 aliphatic rings. The first-order valence-electron chi connectivity index (χ1n) is 6.71. The van der Waals surface area contributed by atoms with Gasteiger partial charge in [0.25, 0.3) is 0 Å². The van der Waals surface area contributed by atoms with E-state index in [1.54, 1.807) is 0 Å². The molecule has 1 aromatic heterocycles. The van der Waals surface area contributed by atoms with Crippen molar-refractivity contribution in [3.05, 3.63) is 16.1 Å². The normalized spacial score (nSPS) is 28.8. The van der Waals surface area contributed by atoms with Crippen molar-refractivity contribution in [2.45, 2.75) is 26.3 Å². The second kappa shape index (κ2) is 5.04. The number of hydrogen-bond donors (Lipinski definition) is 1. The lowest BCUT2D eigenvalue weighted by molar-refractivity contribution is 0.302. The van der Waals surface area contributed by atoms with Gasteiger partial charge in [0.1, 0.15) is 0 Å². The molecular weight excluding hydrogens is 230 g/mol. The second-order valence-electron chi connectivity index (χ2n) is 5.36. The number of likely N-dealkylation sites (tertiary alicyclic amines) is 1. The maximum atomic E-state index is 4.72.